The number of benzene rings is 2. The van der Waals surface area contributed by atoms with Crippen LogP contribution in [0.25, 0.3) is 0 Å². The Morgan fingerprint density at radius 3 is 2.76 bits per heavy atom. The molecule has 1 aliphatic heterocycles. The minimum Gasteiger partial charge on any atom is -0.482 e. The van der Waals surface area contributed by atoms with Gasteiger partial charge in [-0.15, -0.1) is 11.3 Å². The smallest absolute Gasteiger partial charge is 0.262 e. The fourth-order valence-electron chi connectivity index (χ4n) is 3.37. The molecule has 29 heavy (non-hydrogen) atoms. The Morgan fingerprint density at radius 1 is 1.21 bits per heavy atom. The summed E-state index contributed by atoms with van der Waals surface area (Å²) in [5.74, 6) is 0.122. The van der Waals surface area contributed by atoms with Crippen LogP contribution >= 0.6 is 11.3 Å². The fourth-order valence-corrected chi connectivity index (χ4v) is 4.17. The third kappa shape index (κ3) is 4.32. The predicted molar refractivity (Wildman–Crippen MR) is 115 cm³/mol. The van der Waals surface area contributed by atoms with Gasteiger partial charge in [0.05, 0.1) is 11.7 Å². The summed E-state index contributed by atoms with van der Waals surface area (Å²) in [6.07, 6.45) is 2.15. The Balaban J connectivity index is 1.58. The molecular weight excluding hydrogens is 384 g/mol. The maximum Gasteiger partial charge on any atom is 0.262 e. The predicted octanol–water partition coefficient (Wildman–Crippen LogP) is 4.55. The van der Waals surface area contributed by atoms with Crippen molar-refractivity contribution in [3.05, 3.63) is 81.5 Å². The normalized spacial score (nSPS) is 13.8. The van der Waals surface area contributed by atoms with Gasteiger partial charge in [0.2, 0.25) is 0 Å². The van der Waals surface area contributed by atoms with Crippen molar-refractivity contribution in [3.8, 4) is 5.75 Å². The average molecular weight is 407 g/mol. The van der Waals surface area contributed by atoms with Crippen LogP contribution in [0, 0.1) is 0 Å². The van der Waals surface area contributed by atoms with Crippen LogP contribution < -0.4 is 15.4 Å². The van der Waals surface area contributed by atoms with Crippen LogP contribution in [0.5, 0.6) is 5.75 Å². The van der Waals surface area contributed by atoms with Gasteiger partial charge in [0.25, 0.3) is 11.8 Å². The van der Waals surface area contributed by atoms with Crippen molar-refractivity contribution in [1.29, 1.82) is 0 Å². The van der Waals surface area contributed by atoms with Crippen LogP contribution in [0.15, 0.2) is 60.0 Å². The van der Waals surface area contributed by atoms with Crippen molar-refractivity contribution in [3.63, 3.8) is 0 Å². The molecule has 0 radical (unpaired) electrons. The Labute approximate surface area is 173 Å². The lowest BCUT2D eigenvalue weighted by atomic mass is 10.0. The van der Waals surface area contributed by atoms with E-state index in [0.29, 0.717) is 17.0 Å². The van der Waals surface area contributed by atoms with Crippen molar-refractivity contribution < 1.29 is 14.3 Å². The van der Waals surface area contributed by atoms with E-state index in [2.05, 4.69) is 41.8 Å². The number of carbonyl (C=O) groups excluding carboxylic acids is 2. The molecule has 3 aromatic rings. The lowest BCUT2D eigenvalue weighted by Gasteiger charge is -2.21. The number of fused-ring (bicyclic) bond motifs is 1. The molecule has 148 valence electrons. The Bertz CT molecular complexity index is 1010. The molecule has 2 amide bonds. The summed E-state index contributed by atoms with van der Waals surface area (Å²) in [5.41, 5.74) is 3.41. The van der Waals surface area contributed by atoms with E-state index in [1.807, 2.05) is 17.5 Å². The van der Waals surface area contributed by atoms with E-state index >= 15 is 0 Å². The summed E-state index contributed by atoms with van der Waals surface area (Å²) in [6.45, 7) is 2.12. The SMILES string of the molecule is CCCc1ccc(C(NC(=O)c2ccc3c(c2)OCC(=O)N3)c2cccs2)cc1. The van der Waals surface area contributed by atoms with Crippen molar-refractivity contribution in [1.82, 2.24) is 5.32 Å². The molecule has 0 bridgehead atoms. The number of aryl methyl sites for hydroxylation is 1. The van der Waals surface area contributed by atoms with Gasteiger partial charge >= 0.3 is 0 Å². The van der Waals surface area contributed by atoms with Crippen LogP contribution in [0.4, 0.5) is 5.69 Å². The summed E-state index contributed by atoms with van der Waals surface area (Å²) < 4.78 is 5.43. The maximum absolute atomic E-state index is 13.0. The highest BCUT2D eigenvalue weighted by Crippen LogP contribution is 2.30. The minimum atomic E-state index is -0.227. The summed E-state index contributed by atoms with van der Waals surface area (Å²) in [7, 11) is 0. The molecule has 0 spiro atoms. The first-order chi connectivity index (χ1) is 14.1. The summed E-state index contributed by atoms with van der Waals surface area (Å²) in [6, 6.07) is 17.3. The molecule has 1 aromatic heterocycles. The summed E-state index contributed by atoms with van der Waals surface area (Å²) >= 11 is 1.61. The molecular formula is C23H22N2O3S. The van der Waals surface area contributed by atoms with Gasteiger partial charge in [-0.3, -0.25) is 9.59 Å². The minimum absolute atomic E-state index is 0.0417. The zero-order chi connectivity index (χ0) is 20.2. The zero-order valence-corrected chi connectivity index (χ0v) is 16.9. The number of nitrogens with one attached hydrogen (secondary N) is 2. The molecule has 1 aliphatic rings. The topological polar surface area (TPSA) is 67.4 Å². The molecule has 0 fully saturated rings. The number of hydrogen-bond donors (Lipinski definition) is 2. The second-order valence-corrected chi connectivity index (χ2v) is 7.94. The van der Waals surface area contributed by atoms with Crippen molar-refractivity contribution >= 4 is 28.8 Å². The van der Waals surface area contributed by atoms with E-state index in [1.165, 1.54) is 5.56 Å². The van der Waals surface area contributed by atoms with Crippen LogP contribution in [0.1, 0.15) is 45.7 Å². The van der Waals surface area contributed by atoms with Crippen molar-refractivity contribution in [2.45, 2.75) is 25.8 Å². The van der Waals surface area contributed by atoms with Crippen LogP contribution in [-0.4, -0.2) is 18.4 Å². The number of thiophene rings is 1. The number of amides is 2. The van der Waals surface area contributed by atoms with E-state index < -0.39 is 0 Å². The van der Waals surface area contributed by atoms with E-state index in [9.17, 15) is 9.59 Å². The molecule has 4 rings (SSSR count). The van der Waals surface area contributed by atoms with Gasteiger partial charge < -0.3 is 15.4 Å². The molecule has 2 heterocycles. The Hall–Kier alpha value is -3.12. The second-order valence-electron chi connectivity index (χ2n) is 6.96. The quantitative estimate of drug-likeness (QED) is 0.631. The lowest BCUT2D eigenvalue weighted by molar-refractivity contribution is -0.118. The highest BCUT2D eigenvalue weighted by Gasteiger charge is 2.21. The molecule has 6 heteroatoms. The first-order valence-corrected chi connectivity index (χ1v) is 10.5. The molecule has 0 saturated carbocycles. The molecule has 0 aliphatic carbocycles. The van der Waals surface area contributed by atoms with Crippen molar-refractivity contribution in [2.75, 3.05) is 11.9 Å². The third-order valence-electron chi connectivity index (χ3n) is 4.83. The average Bonchev–Trinajstić information content (AvgIpc) is 3.27. The molecule has 2 N–H and O–H groups in total. The van der Waals surface area contributed by atoms with E-state index in [1.54, 1.807) is 29.5 Å². The standard InChI is InChI=1S/C23H22N2O3S/c1-2-4-15-6-8-16(9-7-15)22(20-5-3-12-29-20)25-23(27)17-10-11-18-19(13-17)28-14-21(26)24-18/h3,5-13,22H,2,4,14H2,1H3,(H,24,26)(H,25,27). The number of ether oxygens (including phenoxy) is 1. The van der Waals surface area contributed by atoms with Crippen LogP contribution in [0.2, 0.25) is 0 Å². The molecule has 2 aromatic carbocycles. The second kappa shape index (κ2) is 8.49. The van der Waals surface area contributed by atoms with E-state index in [0.717, 1.165) is 23.3 Å². The van der Waals surface area contributed by atoms with Gasteiger partial charge in [0.15, 0.2) is 6.61 Å². The summed E-state index contributed by atoms with van der Waals surface area (Å²) in [5, 5.41) is 7.89. The zero-order valence-electron chi connectivity index (χ0n) is 16.1. The van der Waals surface area contributed by atoms with Crippen molar-refractivity contribution in [2.24, 2.45) is 0 Å². The van der Waals surface area contributed by atoms with E-state index in [4.69, 9.17) is 4.74 Å². The fraction of sp³-hybridized carbons (Fsp3) is 0.217. The highest BCUT2D eigenvalue weighted by atomic mass is 32.1. The largest absolute Gasteiger partial charge is 0.482 e. The monoisotopic (exact) mass is 406 g/mol. The van der Waals surface area contributed by atoms with Crippen LogP contribution in [-0.2, 0) is 11.2 Å². The number of hydrogen-bond acceptors (Lipinski definition) is 4. The number of carbonyl (C=O) groups is 2. The van der Waals surface area contributed by atoms with Gasteiger partial charge in [-0.05, 0) is 47.2 Å². The number of rotatable bonds is 6. The maximum atomic E-state index is 13.0. The number of anilines is 1. The highest BCUT2D eigenvalue weighted by molar-refractivity contribution is 7.10. The molecule has 0 saturated heterocycles. The lowest BCUT2D eigenvalue weighted by Crippen LogP contribution is -2.29. The van der Waals surface area contributed by atoms with Gasteiger partial charge in [-0.1, -0.05) is 43.7 Å². The molecule has 5 nitrogen and oxygen atoms in total. The van der Waals surface area contributed by atoms with Gasteiger partial charge in [-0.25, -0.2) is 0 Å². The van der Waals surface area contributed by atoms with E-state index in [-0.39, 0.29) is 24.5 Å². The Morgan fingerprint density at radius 2 is 2.03 bits per heavy atom. The van der Waals surface area contributed by atoms with Gasteiger partial charge in [0, 0.05) is 10.4 Å². The van der Waals surface area contributed by atoms with Gasteiger partial charge in [0.1, 0.15) is 5.75 Å². The summed E-state index contributed by atoms with van der Waals surface area (Å²) in [4.78, 5) is 25.5. The first kappa shape index (κ1) is 19.2. The first-order valence-electron chi connectivity index (χ1n) is 9.64. The molecule has 1 atom stereocenters. The third-order valence-corrected chi connectivity index (χ3v) is 5.77. The molecule has 1 unspecified atom stereocenters. The van der Waals surface area contributed by atoms with Crippen LogP contribution in [0.3, 0.4) is 0 Å². The van der Waals surface area contributed by atoms with Gasteiger partial charge in [-0.2, -0.15) is 0 Å². The Kier molecular flexibility index (Phi) is 5.62.